The number of thiophene rings is 1. The number of ether oxygens (including phenoxy) is 1. The van der Waals surface area contributed by atoms with Gasteiger partial charge in [0.2, 0.25) is 0 Å². The van der Waals surface area contributed by atoms with E-state index in [0.717, 1.165) is 41.1 Å². The van der Waals surface area contributed by atoms with Crippen LogP contribution in [0.4, 0.5) is 5.69 Å². The Morgan fingerprint density at radius 1 is 1.04 bits per heavy atom. The van der Waals surface area contributed by atoms with Crippen molar-refractivity contribution in [2.24, 2.45) is 0 Å². The molecule has 4 heteroatoms. The van der Waals surface area contributed by atoms with Gasteiger partial charge in [0.05, 0.1) is 17.5 Å². The highest BCUT2D eigenvalue weighted by atomic mass is 32.1. The predicted octanol–water partition coefficient (Wildman–Crippen LogP) is 4.96. The molecule has 5 rings (SSSR count). The molecule has 3 nitrogen and oxygen atoms in total. The molecule has 0 amide bonds. The largest absolute Gasteiger partial charge is 0.493 e. The zero-order chi connectivity index (χ0) is 17.5. The maximum atomic E-state index is 13.1. The number of anilines is 1. The summed E-state index contributed by atoms with van der Waals surface area (Å²) < 4.78 is 5.85. The van der Waals surface area contributed by atoms with Crippen LogP contribution in [-0.2, 0) is 12.8 Å². The minimum Gasteiger partial charge on any atom is -0.493 e. The van der Waals surface area contributed by atoms with Crippen molar-refractivity contribution in [2.45, 2.75) is 25.3 Å². The summed E-state index contributed by atoms with van der Waals surface area (Å²) in [4.78, 5) is 15.2. The van der Waals surface area contributed by atoms with Crippen molar-refractivity contribution in [3.8, 4) is 16.2 Å². The molecule has 0 saturated heterocycles. The first-order valence-electron chi connectivity index (χ1n) is 9.03. The third kappa shape index (κ3) is 2.61. The van der Waals surface area contributed by atoms with E-state index in [1.165, 1.54) is 16.0 Å². The fourth-order valence-corrected chi connectivity index (χ4v) is 5.06. The zero-order valence-electron chi connectivity index (χ0n) is 14.3. The van der Waals surface area contributed by atoms with Crippen molar-refractivity contribution < 1.29 is 9.53 Å². The third-order valence-corrected chi connectivity index (χ3v) is 6.40. The van der Waals surface area contributed by atoms with Crippen molar-refractivity contribution >= 4 is 22.8 Å². The number of fused-ring (bicyclic) bond motifs is 4. The molecule has 130 valence electrons. The monoisotopic (exact) mass is 361 g/mol. The second kappa shape index (κ2) is 6.29. The molecule has 2 aliphatic rings. The quantitative estimate of drug-likeness (QED) is 0.656. The molecule has 0 spiro atoms. The number of carbonyl (C=O) groups excluding carboxylic acids is 1. The second-order valence-electron chi connectivity index (χ2n) is 6.82. The van der Waals surface area contributed by atoms with E-state index in [1.807, 2.05) is 24.3 Å². The van der Waals surface area contributed by atoms with Gasteiger partial charge in [-0.05, 0) is 48.2 Å². The van der Waals surface area contributed by atoms with E-state index in [2.05, 4.69) is 35.6 Å². The van der Waals surface area contributed by atoms with E-state index in [-0.39, 0.29) is 11.8 Å². The van der Waals surface area contributed by atoms with Gasteiger partial charge in [0, 0.05) is 22.5 Å². The molecule has 1 N–H and O–H groups in total. The lowest BCUT2D eigenvalue weighted by molar-refractivity contribution is 0.0968. The van der Waals surface area contributed by atoms with Crippen LogP contribution >= 0.6 is 11.3 Å². The highest BCUT2D eigenvalue weighted by Gasteiger charge is 2.28. The Labute approximate surface area is 156 Å². The van der Waals surface area contributed by atoms with Crippen LogP contribution in [0.5, 0.6) is 5.75 Å². The highest BCUT2D eigenvalue weighted by molar-refractivity contribution is 7.17. The molecule has 2 aliphatic heterocycles. The lowest BCUT2D eigenvalue weighted by Gasteiger charge is -2.25. The van der Waals surface area contributed by atoms with E-state index in [0.29, 0.717) is 6.61 Å². The summed E-state index contributed by atoms with van der Waals surface area (Å²) in [5.74, 6) is 1.12. The molecule has 1 unspecified atom stereocenters. The standard InChI is InChI=1S/C22H19NO2S/c24-21(18-10-9-14-5-1-3-7-17(14)23-18)20-13-15-11-12-25-19-8-4-2-6-16(19)22(15)26-20/h1-8,13,18,23H,9-12H2. The van der Waals surface area contributed by atoms with Crippen molar-refractivity contribution in [2.75, 3.05) is 11.9 Å². The van der Waals surface area contributed by atoms with E-state index in [4.69, 9.17) is 4.74 Å². The minimum absolute atomic E-state index is 0.140. The Kier molecular flexibility index (Phi) is 3.79. The van der Waals surface area contributed by atoms with Gasteiger partial charge < -0.3 is 10.1 Å². The number of benzene rings is 2. The molecule has 0 bridgehead atoms. The summed E-state index contributed by atoms with van der Waals surface area (Å²) in [6.07, 6.45) is 2.63. The van der Waals surface area contributed by atoms with Crippen LogP contribution in [0.25, 0.3) is 10.4 Å². The van der Waals surface area contributed by atoms with Gasteiger partial charge in [0.25, 0.3) is 0 Å². The maximum absolute atomic E-state index is 13.1. The average Bonchev–Trinajstić information content (AvgIpc) is 3.03. The molecule has 3 aromatic rings. The van der Waals surface area contributed by atoms with Gasteiger partial charge >= 0.3 is 0 Å². The number of Topliss-reactive ketones (excluding diaryl/α,β-unsaturated/α-hetero) is 1. The normalized spacial score (nSPS) is 17.8. The van der Waals surface area contributed by atoms with Crippen LogP contribution in [0.3, 0.4) is 0 Å². The Morgan fingerprint density at radius 3 is 2.85 bits per heavy atom. The molecule has 0 fully saturated rings. The predicted molar refractivity (Wildman–Crippen MR) is 105 cm³/mol. The fourth-order valence-electron chi connectivity index (χ4n) is 3.82. The Hall–Kier alpha value is -2.59. The lowest BCUT2D eigenvalue weighted by atomic mass is 9.95. The van der Waals surface area contributed by atoms with Crippen LogP contribution < -0.4 is 10.1 Å². The topological polar surface area (TPSA) is 38.3 Å². The molecular weight excluding hydrogens is 342 g/mol. The first kappa shape index (κ1) is 15.6. The van der Waals surface area contributed by atoms with Crippen molar-refractivity contribution in [1.82, 2.24) is 0 Å². The number of aryl methyl sites for hydroxylation is 1. The number of hydrogen-bond acceptors (Lipinski definition) is 4. The molecule has 0 saturated carbocycles. The summed E-state index contributed by atoms with van der Waals surface area (Å²) in [6, 6.07) is 18.3. The number of hydrogen-bond donors (Lipinski definition) is 1. The van der Waals surface area contributed by atoms with Crippen molar-refractivity contribution in [3.63, 3.8) is 0 Å². The van der Waals surface area contributed by atoms with Gasteiger partial charge in [-0.25, -0.2) is 0 Å². The van der Waals surface area contributed by atoms with Gasteiger partial charge in [0.1, 0.15) is 5.75 Å². The average molecular weight is 361 g/mol. The van der Waals surface area contributed by atoms with Crippen LogP contribution in [0.1, 0.15) is 27.2 Å². The molecule has 0 radical (unpaired) electrons. The molecule has 3 heterocycles. The van der Waals surface area contributed by atoms with Gasteiger partial charge in [-0.15, -0.1) is 11.3 Å². The molecule has 1 atom stereocenters. The van der Waals surface area contributed by atoms with Gasteiger partial charge in [0.15, 0.2) is 5.78 Å². The zero-order valence-corrected chi connectivity index (χ0v) is 15.1. The number of rotatable bonds is 2. The van der Waals surface area contributed by atoms with Crippen molar-refractivity contribution in [3.05, 3.63) is 70.6 Å². The number of ketones is 1. The smallest absolute Gasteiger partial charge is 0.194 e. The number of nitrogens with one attached hydrogen (secondary N) is 1. The Balaban J connectivity index is 1.47. The molecule has 0 aliphatic carbocycles. The third-order valence-electron chi connectivity index (χ3n) is 5.18. The van der Waals surface area contributed by atoms with Crippen LogP contribution in [0.2, 0.25) is 0 Å². The first-order valence-corrected chi connectivity index (χ1v) is 9.85. The summed E-state index contributed by atoms with van der Waals surface area (Å²) in [5.41, 5.74) is 4.71. The van der Waals surface area contributed by atoms with Gasteiger partial charge in [-0.2, -0.15) is 0 Å². The number of para-hydroxylation sites is 2. The van der Waals surface area contributed by atoms with Crippen molar-refractivity contribution in [1.29, 1.82) is 0 Å². The summed E-state index contributed by atoms with van der Waals surface area (Å²) in [6.45, 7) is 0.656. The molecule has 2 aromatic carbocycles. The van der Waals surface area contributed by atoms with Crippen LogP contribution in [0, 0.1) is 0 Å². The first-order chi connectivity index (χ1) is 12.8. The Bertz CT molecular complexity index is 991. The second-order valence-corrected chi connectivity index (χ2v) is 7.87. The van der Waals surface area contributed by atoms with Gasteiger partial charge in [-0.3, -0.25) is 4.79 Å². The van der Waals surface area contributed by atoms with E-state index in [9.17, 15) is 4.79 Å². The maximum Gasteiger partial charge on any atom is 0.194 e. The van der Waals surface area contributed by atoms with E-state index in [1.54, 1.807) is 11.3 Å². The highest BCUT2D eigenvalue weighted by Crippen LogP contribution is 2.41. The van der Waals surface area contributed by atoms with Gasteiger partial charge in [-0.1, -0.05) is 30.3 Å². The lowest BCUT2D eigenvalue weighted by Crippen LogP contribution is -2.33. The fraction of sp³-hybridized carbons (Fsp3) is 0.227. The SMILES string of the molecule is O=C(c1cc2c(s1)-c1ccccc1OCC2)C1CCc2ccccc2N1. The Morgan fingerprint density at radius 2 is 1.88 bits per heavy atom. The summed E-state index contributed by atoms with van der Waals surface area (Å²) in [7, 11) is 0. The summed E-state index contributed by atoms with van der Waals surface area (Å²) in [5, 5.41) is 3.44. The van der Waals surface area contributed by atoms with Crippen LogP contribution in [0.15, 0.2) is 54.6 Å². The van der Waals surface area contributed by atoms with E-state index < -0.39 is 0 Å². The molecule has 26 heavy (non-hydrogen) atoms. The summed E-state index contributed by atoms with van der Waals surface area (Å²) >= 11 is 1.60. The van der Waals surface area contributed by atoms with Crippen LogP contribution in [-0.4, -0.2) is 18.4 Å². The molecule has 1 aromatic heterocycles. The molecular formula is C22H19NO2S. The number of carbonyl (C=O) groups is 1. The van der Waals surface area contributed by atoms with E-state index >= 15 is 0 Å². The minimum atomic E-state index is -0.140.